The molecular weight excluding hydrogens is 366 g/mol. The molecule has 0 saturated carbocycles. The molecule has 3 aliphatic rings. The maximum Gasteiger partial charge on any atom is 0.327 e. The molecule has 29 heavy (non-hydrogen) atoms. The molecule has 1 aromatic rings. The lowest BCUT2D eigenvalue weighted by molar-refractivity contribution is -0.138. The minimum Gasteiger partial charge on any atom is -0.343 e. The molecule has 158 valence electrons. The summed E-state index contributed by atoms with van der Waals surface area (Å²) in [6.07, 6.45) is 2.44. The van der Waals surface area contributed by atoms with Gasteiger partial charge in [-0.2, -0.15) is 0 Å². The van der Waals surface area contributed by atoms with Crippen LogP contribution in [0.25, 0.3) is 0 Å². The number of imide groups is 1. The lowest BCUT2D eigenvalue weighted by atomic mass is 10.0. The molecule has 3 aliphatic heterocycles. The van der Waals surface area contributed by atoms with Crippen molar-refractivity contribution < 1.29 is 9.59 Å². The summed E-state index contributed by atoms with van der Waals surface area (Å²) in [6, 6.07) is 8.16. The van der Waals surface area contributed by atoms with E-state index >= 15 is 0 Å². The first-order valence-corrected chi connectivity index (χ1v) is 10.9. The third-order valence-corrected chi connectivity index (χ3v) is 6.50. The minimum atomic E-state index is -0.334. The van der Waals surface area contributed by atoms with Gasteiger partial charge in [-0.15, -0.1) is 0 Å². The highest BCUT2D eigenvalue weighted by molar-refractivity contribution is 6.00. The Morgan fingerprint density at radius 3 is 2.48 bits per heavy atom. The fraction of sp³-hybridized carbons (Fsp3) is 0.636. The summed E-state index contributed by atoms with van der Waals surface area (Å²) < 4.78 is 0. The van der Waals surface area contributed by atoms with E-state index < -0.39 is 0 Å². The molecule has 0 radical (unpaired) electrons. The first-order chi connectivity index (χ1) is 14.0. The summed E-state index contributed by atoms with van der Waals surface area (Å²) in [5.41, 5.74) is 2.47. The number of fused-ring (bicyclic) bond motifs is 3. The molecule has 0 aromatic heterocycles. The average Bonchev–Trinajstić information content (AvgIpc) is 3.11. The van der Waals surface area contributed by atoms with Crippen molar-refractivity contribution >= 4 is 17.6 Å². The third kappa shape index (κ3) is 3.40. The molecule has 1 aromatic carbocycles. The molecule has 4 rings (SSSR count). The lowest BCUT2D eigenvalue weighted by Gasteiger charge is -2.46. The van der Waals surface area contributed by atoms with Crippen LogP contribution in [-0.4, -0.2) is 71.8 Å². The molecule has 1 N–H and O–H groups in total. The van der Waals surface area contributed by atoms with Crippen LogP contribution in [0.2, 0.25) is 0 Å². The minimum absolute atomic E-state index is 0.0584. The van der Waals surface area contributed by atoms with Crippen LogP contribution in [0.3, 0.4) is 0 Å². The fourth-order valence-electron chi connectivity index (χ4n) is 4.86. The smallest absolute Gasteiger partial charge is 0.327 e. The second-order valence-electron chi connectivity index (χ2n) is 8.64. The standard InChI is InChI=1S/C22H33N5O2/c1-5-7-12-25-20(28)18-19(24(4)22(25)29)23-21-26(13-15(3)14-27(18)21)17-10-8-16(6-2)9-11-17/h8-11,15,18-19,21,23H,5-7,12-14H2,1-4H3. The molecule has 3 fully saturated rings. The number of urea groups is 1. The zero-order chi connectivity index (χ0) is 20.7. The number of carbonyl (C=O) groups excluding carboxylic acids is 2. The van der Waals surface area contributed by atoms with Gasteiger partial charge in [0.15, 0.2) is 0 Å². The largest absolute Gasteiger partial charge is 0.343 e. The number of rotatable bonds is 5. The number of likely N-dealkylation sites (N-methyl/N-ethyl adjacent to an activating group) is 1. The van der Waals surface area contributed by atoms with Gasteiger partial charge in [0.05, 0.1) is 0 Å². The van der Waals surface area contributed by atoms with Crippen molar-refractivity contribution in [3.63, 3.8) is 0 Å². The van der Waals surface area contributed by atoms with Crippen LogP contribution in [0, 0.1) is 5.92 Å². The van der Waals surface area contributed by atoms with Crippen LogP contribution in [0.5, 0.6) is 0 Å². The summed E-state index contributed by atoms with van der Waals surface area (Å²) >= 11 is 0. The van der Waals surface area contributed by atoms with Gasteiger partial charge in [0, 0.05) is 32.4 Å². The van der Waals surface area contributed by atoms with Crippen LogP contribution < -0.4 is 10.2 Å². The van der Waals surface area contributed by atoms with Gasteiger partial charge in [-0.3, -0.25) is 19.9 Å². The number of carbonyl (C=O) groups is 2. The van der Waals surface area contributed by atoms with Crippen molar-refractivity contribution in [2.45, 2.75) is 58.5 Å². The fourth-order valence-corrected chi connectivity index (χ4v) is 4.86. The van der Waals surface area contributed by atoms with Crippen LogP contribution in [0.4, 0.5) is 10.5 Å². The van der Waals surface area contributed by atoms with Crippen LogP contribution >= 0.6 is 0 Å². The molecule has 7 nitrogen and oxygen atoms in total. The van der Waals surface area contributed by atoms with Crippen LogP contribution in [0.15, 0.2) is 24.3 Å². The second kappa shape index (κ2) is 7.95. The van der Waals surface area contributed by atoms with E-state index in [1.165, 1.54) is 10.5 Å². The van der Waals surface area contributed by atoms with E-state index in [1.54, 1.807) is 11.9 Å². The molecule has 0 spiro atoms. The molecule has 3 saturated heterocycles. The van der Waals surface area contributed by atoms with Crippen molar-refractivity contribution in [2.24, 2.45) is 5.92 Å². The summed E-state index contributed by atoms with van der Waals surface area (Å²) in [5.74, 6) is 0.370. The quantitative estimate of drug-likeness (QED) is 0.823. The normalized spacial score (nSPS) is 30.0. The number of aryl methyl sites for hydroxylation is 1. The summed E-state index contributed by atoms with van der Waals surface area (Å²) in [6.45, 7) is 8.73. The number of anilines is 1. The predicted octanol–water partition coefficient (Wildman–Crippen LogP) is 2.28. The van der Waals surface area contributed by atoms with E-state index in [1.807, 2.05) is 0 Å². The topological polar surface area (TPSA) is 59.1 Å². The maximum absolute atomic E-state index is 13.3. The van der Waals surface area contributed by atoms with Crippen molar-refractivity contribution in [3.05, 3.63) is 29.8 Å². The van der Waals surface area contributed by atoms with Crippen LogP contribution in [-0.2, 0) is 11.2 Å². The first-order valence-electron chi connectivity index (χ1n) is 10.9. The maximum atomic E-state index is 13.3. The highest BCUT2D eigenvalue weighted by atomic mass is 16.2. The lowest BCUT2D eigenvalue weighted by Crippen LogP contribution is -2.66. The number of hydrogen-bond donors (Lipinski definition) is 1. The summed E-state index contributed by atoms with van der Waals surface area (Å²) in [4.78, 5) is 33.9. The van der Waals surface area contributed by atoms with Crippen molar-refractivity contribution in [1.29, 1.82) is 0 Å². The van der Waals surface area contributed by atoms with Gasteiger partial charge in [0.1, 0.15) is 18.5 Å². The molecule has 7 heteroatoms. The van der Waals surface area contributed by atoms with Crippen molar-refractivity contribution in [2.75, 3.05) is 31.6 Å². The zero-order valence-corrected chi connectivity index (χ0v) is 18.0. The predicted molar refractivity (Wildman–Crippen MR) is 113 cm³/mol. The van der Waals surface area contributed by atoms with E-state index in [9.17, 15) is 9.59 Å². The van der Waals surface area contributed by atoms with E-state index in [0.29, 0.717) is 12.5 Å². The van der Waals surface area contributed by atoms with Crippen molar-refractivity contribution in [3.8, 4) is 0 Å². The molecule has 3 heterocycles. The Morgan fingerprint density at radius 1 is 1.10 bits per heavy atom. The monoisotopic (exact) mass is 399 g/mol. The van der Waals surface area contributed by atoms with Gasteiger partial charge in [-0.25, -0.2) is 4.79 Å². The van der Waals surface area contributed by atoms with Gasteiger partial charge in [-0.1, -0.05) is 39.3 Å². The number of amides is 3. The molecule has 3 amide bonds. The summed E-state index contributed by atoms with van der Waals surface area (Å²) in [5, 5.41) is 3.59. The van der Waals surface area contributed by atoms with Crippen molar-refractivity contribution in [1.82, 2.24) is 20.0 Å². The third-order valence-electron chi connectivity index (χ3n) is 6.50. The van der Waals surface area contributed by atoms with E-state index in [0.717, 1.165) is 38.0 Å². The van der Waals surface area contributed by atoms with Gasteiger partial charge in [0.25, 0.3) is 5.91 Å². The number of benzene rings is 1. The Bertz CT molecular complexity index is 767. The van der Waals surface area contributed by atoms with Crippen LogP contribution in [0.1, 0.15) is 39.2 Å². The number of hydrogen-bond acceptors (Lipinski definition) is 5. The Labute approximate surface area is 173 Å². The van der Waals surface area contributed by atoms with Gasteiger partial charge >= 0.3 is 6.03 Å². The average molecular weight is 400 g/mol. The van der Waals surface area contributed by atoms with Gasteiger partial charge in [0.2, 0.25) is 0 Å². The molecule has 4 atom stereocenters. The Kier molecular flexibility index (Phi) is 5.53. The highest BCUT2D eigenvalue weighted by Crippen LogP contribution is 2.34. The number of nitrogens with zero attached hydrogens (tertiary/aromatic N) is 4. The Hall–Kier alpha value is -2.12. The zero-order valence-electron chi connectivity index (χ0n) is 18.0. The van der Waals surface area contributed by atoms with Gasteiger partial charge in [-0.05, 0) is 36.5 Å². The van der Waals surface area contributed by atoms with E-state index in [4.69, 9.17) is 0 Å². The van der Waals surface area contributed by atoms with E-state index in [2.05, 4.69) is 60.2 Å². The number of unbranched alkanes of at least 4 members (excludes halogenated alkanes) is 1. The second-order valence-corrected chi connectivity index (χ2v) is 8.64. The number of nitrogens with one attached hydrogen (secondary N) is 1. The molecule has 4 unspecified atom stereocenters. The van der Waals surface area contributed by atoms with Gasteiger partial charge < -0.3 is 9.80 Å². The first kappa shape index (κ1) is 20.2. The molecule has 0 aliphatic carbocycles. The summed E-state index contributed by atoms with van der Waals surface area (Å²) in [7, 11) is 1.81. The molecule has 0 bridgehead atoms. The Balaban J connectivity index is 1.63. The highest BCUT2D eigenvalue weighted by Gasteiger charge is 2.56. The van der Waals surface area contributed by atoms with E-state index in [-0.39, 0.29) is 30.4 Å². The SMILES string of the molecule is CCCCN1C(=O)C2C(NC3N(c4ccc(CC)cc4)CC(C)CN23)N(C)C1=O. The Morgan fingerprint density at radius 2 is 1.83 bits per heavy atom. The molecular formula is C22H33N5O2.